The van der Waals surface area contributed by atoms with Gasteiger partial charge in [0.1, 0.15) is 0 Å². The van der Waals surface area contributed by atoms with E-state index in [1.807, 2.05) is 0 Å². The molecule has 0 saturated carbocycles. The molecule has 0 aliphatic rings. The summed E-state index contributed by atoms with van der Waals surface area (Å²) in [7, 11) is 4.17. The summed E-state index contributed by atoms with van der Waals surface area (Å²) in [5.41, 5.74) is 0. The van der Waals surface area contributed by atoms with Gasteiger partial charge in [-0.1, -0.05) is 111 Å². The summed E-state index contributed by atoms with van der Waals surface area (Å²) in [5.74, 6) is 0. The number of rotatable bonds is 15. The smallest absolute Gasteiger partial charge is 0.00275 e. The van der Waals surface area contributed by atoms with E-state index in [2.05, 4.69) is 39.8 Å². The van der Waals surface area contributed by atoms with Crippen LogP contribution in [-0.2, 0) is 0 Å². The Bertz CT molecular complexity index is 157. The van der Waals surface area contributed by atoms with Crippen LogP contribution in [0.2, 0.25) is 0 Å². The second-order valence-corrected chi connectivity index (χ2v) is 7.05. The van der Waals surface area contributed by atoms with Crippen LogP contribution in [0.15, 0.2) is 0 Å². The second kappa shape index (κ2) is 26.8. The maximum Gasteiger partial charge on any atom is -0.00275 e. The molecule has 23 heavy (non-hydrogen) atoms. The Morgan fingerprint density at radius 2 is 0.696 bits per heavy atom. The maximum atomic E-state index is 2.29. The van der Waals surface area contributed by atoms with Crippen LogP contribution in [0.25, 0.3) is 0 Å². The highest BCUT2D eigenvalue weighted by Gasteiger charge is 1.92. The van der Waals surface area contributed by atoms with Gasteiger partial charge in [0.2, 0.25) is 0 Å². The number of hydrogen-bond acceptors (Lipinski definition) is 1. The predicted molar refractivity (Wildman–Crippen MR) is 108 cm³/mol. The summed E-state index contributed by atoms with van der Waals surface area (Å²) in [6.07, 6.45) is 21.7. The van der Waals surface area contributed by atoms with Crippen molar-refractivity contribution >= 4 is 0 Å². The van der Waals surface area contributed by atoms with Gasteiger partial charge in [0.05, 0.1) is 0 Å². The fraction of sp³-hybridized carbons (Fsp3) is 1.00. The molecule has 2 nitrogen and oxygen atoms in total. The lowest BCUT2D eigenvalue weighted by molar-refractivity contribution is 0.408. The van der Waals surface area contributed by atoms with Gasteiger partial charge in [0.25, 0.3) is 0 Å². The molecule has 0 aromatic heterocycles. The summed E-state index contributed by atoms with van der Waals surface area (Å²) in [6.45, 7) is 7.97. The molecule has 2 heteroatoms. The van der Waals surface area contributed by atoms with Crippen molar-refractivity contribution < 1.29 is 5.48 Å². The van der Waals surface area contributed by atoms with Gasteiger partial charge in [-0.15, -0.1) is 0 Å². The molecular weight excluding hydrogens is 282 g/mol. The first-order valence-electron chi connectivity index (χ1n) is 10.3. The second-order valence-electron chi connectivity index (χ2n) is 7.05. The molecule has 0 rings (SSSR count). The number of nitrogens with zero attached hydrogens (tertiary/aromatic N) is 1. The molecule has 0 heterocycles. The summed E-state index contributed by atoms with van der Waals surface area (Å²) in [5, 5.41) is 0. The number of hydrogen-bond donors (Lipinski definition) is 0. The van der Waals surface area contributed by atoms with Crippen LogP contribution in [0, 0.1) is 0 Å². The van der Waals surface area contributed by atoms with Crippen LogP contribution in [0.4, 0.5) is 0 Å². The molecule has 0 aliphatic carbocycles. The van der Waals surface area contributed by atoms with Crippen LogP contribution >= 0.6 is 0 Å². The molecule has 0 saturated heterocycles. The van der Waals surface area contributed by atoms with E-state index in [0.29, 0.717) is 0 Å². The van der Waals surface area contributed by atoms with E-state index in [4.69, 9.17) is 0 Å². The van der Waals surface area contributed by atoms with E-state index in [1.165, 1.54) is 103 Å². The first-order valence-corrected chi connectivity index (χ1v) is 10.3. The van der Waals surface area contributed by atoms with Crippen molar-refractivity contribution in [2.45, 2.75) is 117 Å². The summed E-state index contributed by atoms with van der Waals surface area (Å²) in [6, 6.07) is 0. The zero-order valence-electron chi connectivity index (χ0n) is 17.3. The lowest BCUT2D eigenvalue weighted by atomic mass is 10.0. The average Bonchev–Trinajstić information content (AvgIpc) is 2.49. The molecule has 0 aromatic rings. The van der Waals surface area contributed by atoms with Crippen LogP contribution < -0.4 is 0 Å². The van der Waals surface area contributed by atoms with Crippen molar-refractivity contribution in [3.63, 3.8) is 0 Å². The highest BCUT2D eigenvalue weighted by Crippen LogP contribution is 2.12. The first kappa shape index (κ1) is 27.8. The van der Waals surface area contributed by atoms with Crippen LogP contribution in [0.1, 0.15) is 117 Å². The quantitative estimate of drug-likeness (QED) is 0.310. The highest BCUT2D eigenvalue weighted by molar-refractivity contribution is 4.48. The van der Waals surface area contributed by atoms with Gasteiger partial charge < -0.3 is 10.4 Å². The minimum Gasteiger partial charge on any atom is -0.412 e. The van der Waals surface area contributed by atoms with Crippen LogP contribution in [0.3, 0.4) is 0 Å². The SMILES string of the molecule is CCCCCCCCCCCCCCCC.CCCN(C)C.O. The van der Waals surface area contributed by atoms with E-state index < -0.39 is 0 Å². The lowest BCUT2D eigenvalue weighted by Crippen LogP contribution is -2.11. The predicted octanol–water partition coefficient (Wildman–Crippen LogP) is 6.62. The molecule has 0 aromatic carbocycles. The lowest BCUT2D eigenvalue weighted by Gasteiger charge is -2.03. The Labute approximate surface area is 148 Å². The van der Waals surface area contributed by atoms with E-state index in [-0.39, 0.29) is 5.48 Å². The molecule has 0 spiro atoms. The molecule has 0 fully saturated rings. The van der Waals surface area contributed by atoms with Crippen molar-refractivity contribution in [3.8, 4) is 0 Å². The average molecular weight is 332 g/mol. The Hall–Kier alpha value is -0.0800. The highest BCUT2D eigenvalue weighted by atomic mass is 16.0. The van der Waals surface area contributed by atoms with Crippen molar-refractivity contribution in [1.29, 1.82) is 0 Å². The van der Waals surface area contributed by atoms with Gasteiger partial charge in [0.15, 0.2) is 0 Å². The van der Waals surface area contributed by atoms with E-state index in [1.54, 1.807) is 0 Å². The van der Waals surface area contributed by atoms with Crippen molar-refractivity contribution in [1.82, 2.24) is 4.90 Å². The van der Waals surface area contributed by atoms with Crippen molar-refractivity contribution in [3.05, 3.63) is 0 Å². The van der Waals surface area contributed by atoms with Gasteiger partial charge in [-0.2, -0.15) is 0 Å². The Balaban J connectivity index is -0.000000487. The van der Waals surface area contributed by atoms with Gasteiger partial charge >= 0.3 is 0 Å². The van der Waals surface area contributed by atoms with Gasteiger partial charge in [0, 0.05) is 0 Å². The third-order valence-corrected chi connectivity index (χ3v) is 4.13. The largest absolute Gasteiger partial charge is 0.412 e. The molecule has 0 radical (unpaired) electrons. The van der Waals surface area contributed by atoms with Gasteiger partial charge in [-0.05, 0) is 27.1 Å². The van der Waals surface area contributed by atoms with E-state index in [9.17, 15) is 0 Å². The Kier molecular flexibility index (Phi) is 32.3. The molecule has 0 aliphatic heterocycles. The van der Waals surface area contributed by atoms with Crippen LogP contribution in [0.5, 0.6) is 0 Å². The summed E-state index contributed by atoms with van der Waals surface area (Å²) >= 11 is 0. The monoisotopic (exact) mass is 331 g/mol. The molecule has 2 N–H and O–H groups in total. The first-order chi connectivity index (χ1) is 10.7. The molecule has 144 valence electrons. The summed E-state index contributed by atoms with van der Waals surface area (Å²) in [4.78, 5) is 2.18. The van der Waals surface area contributed by atoms with Gasteiger partial charge in [-0.25, -0.2) is 0 Å². The minimum atomic E-state index is 0. The standard InChI is InChI=1S/C16H34.C5H13N.H2O/c1-3-5-7-9-11-13-15-16-14-12-10-8-6-4-2;1-4-5-6(2)3;/h3-16H2,1-2H3;4-5H2,1-3H3;1H2. The van der Waals surface area contributed by atoms with Crippen molar-refractivity contribution in [2.24, 2.45) is 0 Å². The zero-order valence-corrected chi connectivity index (χ0v) is 17.3. The summed E-state index contributed by atoms with van der Waals surface area (Å²) < 4.78 is 0. The third kappa shape index (κ3) is 34.3. The van der Waals surface area contributed by atoms with E-state index >= 15 is 0 Å². The Morgan fingerprint density at radius 3 is 0.826 bits per heavy atom. The number of unbranched alkanes of at least 4 members (excludes halogenated alkanes) is 13. The zero-order chi connectivity index (χ0) is 16.9. The fourth-order valence-electron chi connectivity index (χ4n) is 2.71. The molecule has 0 bridgehead atoms. The normalized spacial score (nSPS) is 10.2. The molecule has 0 unspecified atom stereocenters. The fourth-order valence-corrected chi connectivity index (χ4v) is 2.71. The van der Waals surface area contributed by atoms with Gasteiger partial charge in [-0.3, -0.25) is 0 Å². The van der Waals surface area contributed by atoms with Crippen molar-refractivity contribution in [2.75, 3.05) is 20.6 Å². The third-order valence-electron chi connectivity index (χ3n) is 4.13. The molecule has 0 amide bonds. The van der Waals surface area contributed by atoms with E-state index in [0.717, 1.165) is 0 Å². The Morgan fingerprint density at radius 1 is 0.435 bits per heavy atom. The topological polar surface area (TPSA) is 34.7 Å². The minimum absolute atomic E-state index is 0. The molecule has 0 atom stereocenters. The van der Waals surface area contributed by atoms with Crippen LogP contribution in [-0.4, -0.2) is 31.0 Å². The molecular formula is C21H49NO. The maximum absolute atomic E-state index is 2.29.